The lowest BCUT2D eigenvalue weighted by Crippen LogP contribution is -2.53. The van der Waals surface area contributed by atoms with Crippen LogP contribution in [0, 0.1) is 12.8 Å². The monoisotopic (exact) mass is 429 g/mol. The summed E-state index contributed by atoms with van der Waals surface area (Å²) in [6, 6.07) is 6.80. The van der Waals surface area contributed by atoms with Gasteiger partial charge in [-0.25, -0.2) is 4.90 Å². The number of carbonyl (C=O) groups is 3. The smallest absolute Gasteiger partial charge is 0.251 e. The molecule has 2 aliphatic heterocycles. The number of rotatable bonds is 5. The number of piperidine rings is 1. The Morgan fingerprint density at radius 3 is 2.70 bits per heavy atom. The highest BCUT2D eigenvalue weighted by Crippen LogP contribution is 2.28. The molecule has 0 saturated carbocycles. The average Bonchev–Trinajstić information content (AvgIpc) is 3.05. The van der Waals surface area contributed by atoms with Crippen LogP contribution < -0.4 is 21.1 Å². The molecule has 1 aromatic carbocycles. The number of likely N-dealkylation sites (tertiary alicyclic amines) is 1. The van der Waals surface area contributed by atoms with E-state index in [0.29, 0.717) is 36.9 Å². The van der Waals surface area contributed by atoms with Gasteiger partial charge in [0, 0.05) is 13.1 Å². The van der Waals surface area contributed by atoms with Gasteiger partial charge < -0.3 is 5.32 Å². The standard InChI is InChI=1S/C21H27N5O3S/c1-3-10-22-21(30)24-23-19(28)15-5-4-11-25(13-15)17-12-18(27)26(20(17)29)16-8-6-14(2)7-9-16/h3,6-9,15,17H,1,4-5,10-13H2,2H3,(H,23,28)(H2,22,24,30). The van der Waals surface area contributed by atoms with E-state index in [1.807, 2.05) is 24.0 Å². The zero-order valence-corrected chi connectivity index (χ0v) is 17.8. The van der Waals surface area contributed by atoms with Gasteiger partial charge in [0.1, 0.15) is 0 Å². The first-order valence-corrected chi connectivity index (χ1v) is 10.4. The Morgan fingerprint density at radius 1 is 1.27 bits per heavy atom. The second kappa shape index (κ2) is 9.82. The van der Waals surface area contributed by atoms with Crippen molar-refractivity contribution >= 4 is 40.7 Å². The van der Waals surface area contributed by atoms with E-state index in [1.54, 1.807) is 18.2 Å². The van der Waals surface area contributed by atoms with Gasteiger partial charge in [0.25, 0.3) is 5.91 Å². The Morgan fingerprint density at radius 2 is 2.00 bits per heavy atom. The fourth-order valence-corrected chi connectivity index (χ4v) is 3.93. The Balaban J connectivity index is 1.59. The molecule has 2 heterocycles. The highest BCUT2D eigenvalue weighted by molar-refractivity contribution is 7.80. The maximum atomic E-state index is 13.0. The van der Waals surface area contributed by atoms with E-state index in [1.165, 1.54) is 4.90 Å². The van der Waals surface area contributed by atoms with Crippen molar-refractivity contribution in [1.82, 2.24) is 21.1 Å². The number of nitrogens with one attached hydrogen (secondary N) is 3. The Bertz CT molecular complexity index is 842. The minimum Gasteiger partial charge on any atom is -0.358 e. The zero-order valence-electron chi connectivity index (χ0n) is 17.0. The summed E-state index contributed by atoms with van der Waals surface area (Å²) in [7, 11) is 0. The summed E-state index contributed by atoms with van der Waals surface area (Å²) >= 11 is 5.06. The fraction of sp³-hybridized carbons (Fsp3) is 0.429. The van der Waals surface area contributed by atoms with Gasteiger partial charge in [0.15, 0.2) is 5.11 Å². The van der Waals surface area contributed by atoms with Gasteiger partial charge in [-0.2, -0.15) is 0 Å². The first kappa shape index (κ1) is 21.9. The molecule has 0 spiro atoms. The van der Waals surface area contributed by atoms with Gasteiger partial charge in [-0.1, -0.05) is 23.8 Å². The molecule has 2 unspecified atom stereocenters. The predicted octanol–water partition coefficient (Wildman–Crippen LogP) is 1.02. The molecule has 30 heavy (non-hydrogen) atoms. The van der Waals surface area contributed by atoms with Crippen molar-refractivity contribution in [2.75, 3.05) is 24.5 Å². The summed E-state index contributed by atoms with van der Waals surface area (Å²) in [5.41, 5.74) is 6.94. The number of carbonyl (C=O) groups excluding carboxylic acids is 3. The lowest BCUT2D eigenvalue weighted by molar-refractivity contribution is -0.130. The molecular weight excluding hydrogens is 402 g/mol. The number of hydrogen-bond acceptors (Lipinski definition) is 5. The topological polar surface area (TPSA) is 93.8 Å². The molecule has 160 valence electrons. The second-order valence-electron chi connectivity index (χ2n) is 7.57. The van der Waals surface area contributed by atoms with Crippen LogP contribution >= 0.6 is 12.2 Å². The van der Waals surface area contributed by atoms with E-state index in [9.17, 15) is 14.4 Å². The number of hydrazine groups is 1. The normalized spacial score (nSPS) is 22.0. The molecule has 3 N–H and O–H groups in total. The van der Waals surface area contributed by atoms with Crippen LogP contribution in [0.3, 0.4) is 0 Å². The summed E-state index contributed by atoms with van der Waals surface area (Å²) in [5, 5.41) is 3.17. The lowest BCUT2D eigenvalue weighted by Gasteiger charge is -2.34. The first-order valence-electron chi connectivity index (χ1n) is 10.0. The van der Waals surface area contributed by atoms with Gasteiger partial charge in [0.05, 0.1) is 24.1 Å². The number of hydrogen-bond donors (Lipinski definition) is 3. The maximum absolute atomic E-state index is 13.0. The lowest BCUT2D eigenvalue weighted by atomic mass is 9.95. The summed E-state index contributed by atoms with van der Waals surface area (Å²) in [6.45, 7) is 7.14. The van der Waals surface area contributed by atoms with Crippen molar-refractivity contribution in [3.05, 3.63) is 42.5 Å². The highest BCUT2D eigenvalue weighted by atomic mass is 32.1. The van der Waals surface area contributed by atoms with Crippen LogP contribution in [0.25, 0.3) is 0 Å². The number of benzene rings is 1. The number of thiocarbonyl (C=S) groups is 1. The van der Waals surface area contributed by atoms with Crippen LogP contribution in [0.15, 0.2) is 36.9 Å². The van der Waals surface area contributed by atoms with Crippen LogP contribution in [0.1, 0.15) is 24.8 Å². The van der Waals surface area contributed by atoms with Crippen LogP contribution in [0.4, 0.5) is 5.69 Å². The van der Waals surface area contributed by atoms with Crippen LogP contribution in [-0.2, 0) is 14.4 Å². The van der Waals surface area contributed by atoms with Crippen molar-refractivity contribution in [1.29, 1.82) is 0 Å². The third-order valence-corrected chi connectivity index (χ3v) is 5.63. The van der Waals surface area contributed by atoms with E-state index < -0.39 is 6.04 Å². The molecule has 2 atom stereocenters. The van der Waals surface area contributed by atoms with Gasteiger partial charge in [0.2, 0.25) is 11.8 Å². The molecule has 8 nitrogen and oxygen atoms in total. The largest absolute Gasteiger partial charge is 0.358 e. The Kier molecular flexibility index (Phi) is 7.17. The second-order valence-corrected chi connectivity index (χ2v) is 7.98. The quantitative estimate of drug-likeness (QED) is 0.278. The minimum atomic E-state index is -0.530. The number of nitrogens with zero attached hydrogens (tertiary/aromatic N) is 2. The van der Waals surface area contributed by atoms with Gasteiger partial charge >= 0.3 is 0 Å². The molecule has 0 bridgehead atoms. The Labute approximate surface area is 181 Å². The van der Waals surface area contributed by atoms with Crippen molar-refractivity contribution in [3.8, 4) is 0 Å². The summed E-state index contributed by atoms with van der Waals surface area (Å²) in [4.78, 5) is 41.3. The van der Waals surface area contributed by atoms with Crippen LogP contribution in [-0.4, -0.2) is 53.4 Å². The van der Waals surface area contributed by atoms with E-state index >= 15 is 0 Å². The molecule has 2 fully saturated rings. The summed E-state index contributed by atoms with van der Waals surface area (Å²) in [6.07, 6.45) is 3.29. The average molecular weight is 430 g/mol. The van der Waals surface area contributed by atoms with Gasteiger partial charge in [-0.15, -0.1) is 6.58 Å². The summed E-state index contributed by atoms with van der Waals surface area (Å²) < 4.78 is 0. The third kappa shape index (κ3) is 5.03. The van der Waals surface area contributed by atoms with Crippen molar-refractivity contribution in [2.24, 2.45) is 5.92 Å². The summed E-state index contributed by atoms with van der Waals surface area (Å²) in [5.74, 6) is -0.905. The SMILES string of the molecule is C=CCNC(=S)NNC(=O)C1CCCN(C2CC(=O)N(c3ccc(C)cc3)C2=O)C1. The molecule has 3 amide bonds. The maximum Gasteiger partial charge on any atom is 0.251 e. The molecule has 2 saturated heterocycles. The number of amides is 3. The van der Waals surface area contributed by atoms with Crippen molar-refractivity contribution in [2.45, 2.75) is 32.2 Å². The molecule has 0 radical (unpaired) electrons. The van der Waals surface area contributed by atoms with E-state index in [4.69, 9.17) is 12.2 Å². The molecule has 1 aromatic rings. The van der Waals surface area contributed by atoms with E-state index in [-0.39, 0.29) is 30.1 Å². The third-order valence-electron chi connectivity index (χ3n) is 5.39. The molecule has 9 heteroatoms. The molecule has 0 aromatic heterocycles. The molecule has 2 aliphatic rings. The van der Waals surface area contributed by atoms with Crippen LogP contribution in [0.5, 0.6) is 0 Å². The molecular formula is C21H27N5O3S. The van der Waals surface area contributed by atoms with E-state index in [0.717, 1.165) is 12.0 Å². The zero-order chi connectivity index (χ0) is 21.7. The van der Waals surface area contributed by atoms with Gasteiger partial charge in [-0.05, 0) is 50.7 Å². The van der Waals surface area contributed by atoms with Gasteiger partial charge in [-0.3, -0.25) is 30.1 Å². The predicted molar refractivity (Wildman–Crippen MR) is 118 cm³/mol. The molecule has 3 rings (SSSR count). The first-order chi connectivity index (χ1) is 14.4. The minimum absolute atomic E-state index is 0.134. The fourth-order valence-electron chi connectivity index (χ4n) is 3.80. The molecule has 0 aliphatic carbocycles. The number of imide groups is 1. The van der Waals surface area contributed by atoms with E-state index in [2.05, 4.69) is 22.7 Å². The number of anilines is 1. The Hall–Kier alpha value is -2.78. The highest BCUT2D eigenvalue weighted by Gasteiger charge is 2.44. The van der Waals surface area contributed by atoms with Crippen molar-refractivity contribution in [3.63, 3.8) is 0 Å². The number of aryl methyl sites for hydroxylation is 1. The van der Waals surface area contributed by atoms with Crippen molar-refractivity contribution < 1.29 is 14.4 Å². The van der Waals surface area contributed by atoms with Crippen LogP contribution in [0.2, 0.25) is 0 Å².